The van der Waals surface area contributed by atoms with E-state index in [4.69, 9.17) is 27.9 Å². The first-order valence-corrected chi connectivity index (χ1v) is 6.58. The van der Waals surface area contributed by atoms with Crippen molar-refractivity contribution < 1.29 is 4.74 Å². The minimum absolute atomic E-state index is 0.306. The second-order valence-electron chi connectivity index (χ2n) is 4.24. The van der Waals surface area contributed by atoms with E-state index in [2.05, 4.69) is 18.9 Å². The van der Waals surface area contributed by atoms with Crippen molar-refractivity contribution >= 4 is 23.2 Å². The van der Waals surface area contributed by atoms with E-state index in [0.29, 0.717) is 28.4 Å². The highest BCUT2D eigenvalue weighted by Crippen LogP contribution is 2.29. The van der Waals surface area contributed by atoms with Crippen LogP contribution in [-0.2, 0) is 5.88 Å². The molecule has 0 aliphatic carbocycles. The van der Waals surface area contributed by atoms with Gasteiger partial charge in [0, 0.05) is 16.6 Å². The summed E-state index contributed by atoms with van der Waals surface area (Å²) in [7, 11) is 0. The Morgan fingerprint density at radius 2 is 2.17 bits per heavy atom. The molecule has 0 bridgehead atoms. The first-order valence-electron chi connectivity index (χ1n) is 5.66. The van der Waals surface area contributed by atoms with E-state index in [-0.39, 0.29) is 0 Å². The summed E-state index contributed by atoms with van der Waals surface area (Å²) in [4.78, 5) is 0. The van der Waals surface area contributed by atoms with Crippen LogP contribution in [0.2, 0.25) is 5.02 Å². The van der Waals surface area contributed by atoms with Gasteiger partial charge in [0.1, 0.15) is 5.75 Å². The van der Waals surface area contributed by atoms with Crippen LogP contribution in [0.15, 0.2) is 30.6 Å². The third kappa shape index (κ3) is 2.98. The summed E-state index contributed by atoms with van der Waals surface area (Å²) in [6, 6.07) is 5.70. The molecule has 0 aliphatic heterocycles. The highest BCUT2D eigenvalue weighted by atomic mass is 35.5. The van der Waals surface area contributed by atoms with Gasteiger partial charge in [0.25, 0.3) is 0 Å². The largest absolute Gasteiger partial charge is 0.454 e. The van der Waals surface area contributed by atoms with Crippen molar-refractivity contribution in [1.82, 2.24) is 9.78 Å². The monoisotopic (exact) mass is 284 g/mol. The van der Waals surface area contributed by atoms with Gasteiger partial charge in [0.15, 0.2) is 5.75 Å². The van der Waals surface area contributed by atoms with E-state index in [1.807, 2.05) is 16.9 Å². The predicted molar refractivity (Wildman–Crippen MR) is 73.7 cm³/mol. The van der Waals surface area contributed by atoms with E-state index < -0.39 is 0 Å². The molecular weight excluding hydrogens is 271 g/mol. The molecule has 0 N–H and O–H groups in total. The van der Waals surface area contributed by atoms with E-state index in [9.17, 15) is 0 Å². The molecule has 0 amide bonds. The van der Waals surface area contributed by atoms with Crippen molar-refractivity contribution in [2.75, 3.05) is 0 Å². The van der Waals surface area contributed by atoms with Crippen LogP contribution >= 0.6 is 23.2 Å². The lowest BCUT2D eigenvalue weighted by Crippen LogP contribution is -1.99. The number of hydrogen-bond donors (Lipinski definition) is 0. The molecule has 0 saturated carbocycles. The fraction of sp³-hybridized carbons (Fsp3) is 0.308. The molecule has 0 spiro atoms. The normalized spacial score (nSPS) is 10.9. The Balaban J connectivity index is 2.22. The molecular formula is C13H14Cl2N2O. The molecule has 0 unspecified atom stereocenters. The first-order chi connectivity index (χ1) is 8.60. The molecule has 3 nitrogen and oxygen atoms in total. The molecule has 18 heavy (non-hydrogen) atoms. The lowest BCUT2D eigenvalue weighted by atomic mass is 10.2. The smallest absolute Gasteiger partial charge is 0.165 e. The van der Waals surface area contributed by atoms with E-state index in [1.165, 1.54) is 0 Å². The van der Waals surface area contributed by atoms with Crippen molar-refractivity contribution in [2.45, 2.75) is 25.8 Å². The van der Waals surface area contributed by atoms with Crippen molar-refractivity contribution in [3.8, 4) is 11.5 Å². The highest BCUT2D eigenvalue weighted by Gasteiger charge is 2.08. The quantitative estimate of drug-likeness (QED) is 0.765. The Morgan fingerprint density at radius 1 is 1.39 bits per heavy atom. The van der Waals surface area contributed by atoms with Crippen molar-refractivity contribution in [2.24, 2.45) is 0 Å². The molecule has 1 heterocycles. The zero-order valence-electron chi connectivity index (χ0n) is 10.2. The van der Waals surface area contributed by atoms with E-state index >= 15 is 0 Å². The van der Waals surface area contributed by atoms with Gasteiger partial charge in [-0.05, 0) is 32.0 Å². The molecule has 2 aromatic rings. The zero-order valence-corrected chi connectivity index (χ0v) is 11.7. The summed E-state index contributed by atoms with van der Waals surface area (Å²) in [5.41, 5.74) is 0.862. The number of halogens is 2. The van der Waals surface area contributed by atoms with Gasteiger partial charge < -0.3 is 4.74 Å². The number of benzene rings is 1. The van der Waals surface area contributed by atoms with Crippen molar-refractivity contribution in [1.29, 1.82) is 0 Å². The fourth-order valence-corrected chi connectivity index (χ4v) is 1.94. The second-order valence-corrected chi connectivity index (χ2v) is 4.94. The van der Waals surface area contributed by atoms with Crippen LogP contribution < -0.4 is 4.74 Å². The molecule has 0 aliphatic rings. The number of nitrogens with zero attached hydrogens (tertiary/aromatic N) is 2. The molecule has 0 atom stereocenters. The third-order valence-electron chi connectivity index (χ3n) is 2.50. The molecule has 2 rings (SSSR count). The van der Waals surface area contributed by atoms with Crippen LogP contribution in [0.1, 0.15) is 25.5 Å². The standard InChI is InChI=1S/C13H14Cl2N2O/c1-9(2)17-8-12(7-16-17)18-13-4-3-11(15)5-10(13)6-14/h3-5,7-9H,6H2,1-2H3. The number of hydrogen-bond acceptors (Lipinski definition) is 2. The van der Waals surface area contributed by atoms with Crippen LogP contribution in [0, 0.1) is 0 Å². The molecule has 96 valence electrons. The Bertz CT molecular complexity index is 538. The Morgan fingerprint density at radius 3 is 2.78 bits per heavy atom. The number of ether oxygens (including phenoxy) is 1. The van der Waals surface area contributed by atoms with E-state index in [1.54, 1.807) is 18.3 Å². The van der Waals surface area contributed by atoms with Gasteiger partial charge in [-0.1, -0.05) is 11.6 Å². The van der Waals surface area contributed by atoms with Crippen LogP contribution in [0.25, 0.3) is 0 Å². The third-order valence-corrected chi connectivity index (χ3v) is 3.02. The molecule has 5 heteroatoms. The van der Waals surface area contributed by atoms with E-state index in [0.717, 1.165) is 5.56 Å². The number of alkyl halides is 1. The lowest BCUT2D eigenvalue weighted by molar-refractivity contribution is 0.473. The van der Waals surface area contributed by atoms with Crippen molar-refractivity contribution in [3.05, 3.63) is 41.2 Å². The summed E-state index contributed by atoms with van der Waals surface area (Å²) in [6.07, 6.45) is 3.55. The topological polar surface area (TPSA) is 27.1 Å². The van der Waals surface area contributed by atoms with Gasteiger partial charge in [-0.25, -0.2) is 0 Å². The van der Waals surface area contributed by atoms with Gasteiger partial charge in [-0.2, -0.15) is 5.10 Å². The van der Waals surface area contributed by atoms with Gasteiger partial charge >= 0.3 is 0 Å². The van der Waals surface area contributed by atoms with Crippen LogP contribution in [-0.4, -0.2) is 9.78 Å². The SMILES string of the molecule is CC(C)n1cc(Oc2ccc(Cl)cc2CCl)cn1. The fourth-order valence-electron chi connectivity index (χ4n) is 1.53. The Hall–Kier alpha value is -1.19. The molecule has 0 fully saturated rings. The summed E-state index contributed by atoms with van der Waals surface area (Å²) < 4.78 is 7.60. The maximum absolute atomic E-state index is 5.91. The average Bonchev–Trinajstić information content (AvgIpc) is 2.80. The summed E-state index contributed by atoms with van der Waals surface area (Å²) in [6.45, 7) is 4.12. The predicted octanol–water partition coefficient (Wildman–Crippen LogP) is 4.65. The van der Waals surface area contributed by atoms with Crippen LogP contribution in [0.3, 0.4) is 0 Å². The summed E-state index contributed by atoms with van der Waals surface area (Å²) in [5, 5.41) is 4.87. The highest BCUT2D eigenvalue weighted by molar-refractivity contribution is 6.30. The molecule has 1 aromatic heterocycles. The number of rotatable bonds is 4. The molecule has 0 radical (unpaired) electrons. The van der Waals surface area contributed by atoms with Gasteiger partial charge in [-0.15, -0.1) is 11.6 Å². The minimum Gasteiger partial charge on any atom is -0.454 e. The van der Waals surface area contributed by atoms with Crippen molar-refractivity contribution in [3.63, 3.8) is 0 Å². The Kier molecular flexibility index (Phi) is 4.15. The number of aromatic nitrogens is 2. The van der Waals surface area contributed by atoms with Crippen LogP contribution in [0.4, 0.5) is 0 Å². The average molecular weight is 285 g/mol. The summed E-state index contributed by atoms with van der Waals surface area (Å²) >= 11 is 11.8. The van der Waals surface area contributed by atoms with Gasteiger partial charge in [0.05, 0.1) is 18.3 Å². The summed E-state index contributed by atoms with van der Waals surface area (Å²) in [5.74, 6) is 1.75. The molecule has 0 saturated heterocycles. The lowest BCUT2D eigenvalue weighted by Gasteiger charge is -2.08. The second kappa shape index (κ2) is 5.63. The Labute approximate surface area is 116 Å². The van der Waals surface area contributed by atoms with Crippen LogP contribution in [0.5, 0.6) is 11.5 Å². The maximum atomic E-state index is 5.91. The maximum Gasteiger partial charge on any atom is 0.165 e. The molecule has 1 aromatic carbocycles. The first kappa shape index (κ1) is 13.2. The van der Waals surface area contributed by atoms with Gasteiger partial charge in [0.2, 0.25) is 0 Å². The minimum atomic E-state index is 0.306. The van der Waals surface area contributed by atoms with Gasteiger partial charge in [-0.3, -0.25) is 4.68 Å². The zero-order chi connectivity index (χ0) is 13.1.